The fraction of sp³-hybridized carbons (Fsp3) is 0.412. The molecule has 1 rings (SSSR count). The summed E-state index contributed by atoms with van der Waals surface area (Å²) in [4.78, 5) is 0. The minimum Gasteiger partial charge on any atom is -0.373 e. The van der Waals surface area contributed by atoms with Gasteiger partial charge in [0, 0.05) is 5.92 Å². The van der Waals surface area contributed by atoms with Gasteiger partial charge in [-0.05, 0) is 18.9 Å². The molecule has 1 aromatic rings. The number of aliphatic hydroxyl groups is 1. The van der Waals surface area contributed by atoms with E-state index in [2.05, 4.69) is 25.3 Å². The second-order valence-electron chi connectivity index (χ2n) is 4.49. The summed E-state index contributed by atoms with van der Waals surface area (Å²) in [6, 6.07) is 9.65. The lowest BCUT2D eigenvalue weighted by molar-refractivity contribution is 0.0504. The molecular weight excluding hydrogens is 220 g/mol. The van der Waals surface area contributed by atoms with Crippen molar-refractivity contribution in [2.45, 2.75) is 38.7 Å². The van der Waals surface area contributed by atoms with Gasteiger partial charge in [0.15, 0.2) is 5.60 Å². The van der Waals surface area contributed by atoms with Crippen molar-refractivity contribution in [3.05, 3.63) is 48.6 Å². The van der Waals surface area contributed by atoms with Crippen LogP contribution in [0.15, 0.2) is 43.0 Å². The van der Waals surface area contributed by atoms with Crippen molar-refractivity contribution in [1.29, 1.82) is 0 Å². The summed E-state index contributed by atoms with van der Waals surface area (Å²) < 4.78 is 0. The van der Waals surface area contributed by atoms with Gasteiger partial charge in [0.25, 0.3) is 0 Å². The van der Waals surface area contributed by atoms with E-state index in [1.165, 1.54) is 0 Å². The zero-order valence-electron chi connectivity index (χ0n) is 11.3. The molecule has 0 aliphatic heterocycles. The van der Waals surface area contributed by atoms with Gasteiger partial charge in [0.2, 0.25) is 0 Å². The molecule has 96 valence electrons. The lowest BCUT2D eigenvalue weighted by Crippen LogP contribution is -2.32. The minimum atomic E-state index is -1.12. The lowest BCUT2D eigenvalue weighted by atomic mass is 9.79. The first-order valence-corrected chi connectivity index (χ1v) is 6.53. The standard InChI is InChI=1S/C17H22O/c1-4-7-11-15(6-3)17(18,14-5-2)16-12-9-8-10-13-16/h6,8-10,12-13,15,18H,3-4,7,11H2,1-2H3. The number of rotatable bonds is 6. The highest BCUT2D eigenvalue weighted by molar-refractivity contribution is 5.34. The maximum atomic E-state index is 10.9. The fourth-order valence-electron chi connectivity index (χ4n) is 2.18. The summed E-state index contributed by atoms with van der Waals surface area (Å²) in [5, 5.41) is 10.9. The topological polar surface area (TPSA) is 20.2 Å². The van der Waals surface area contributed by atoms with Crippen LogP contribution in [0.25, 0.3) is 0 Å². The third-order valence-corrected chi connectivity index (χ3v) is 3.22. The number of benzene rings is 1. The Hall–Kier alpha value is -1.52. The first-order valence-electron chi connectivity index (χ1n) is 6.53. The summed E-state index contributed by atoms with van der Waals surface area (Å²) in [6.45, 7) is 7.76. The normalized spacial score (nSPS) is 15.1. The zero-order valence-corrected chi connectivity index (χ0v) is 11.3. The molecule has 2 unspecified atom stereocenters. The smallest absolute Gasteiger partial charge is 0.157 e. The van der Waals surface area contributed by atoms with Crippen molar-refractivity contribution in [2.24, 2.45) is 5.92 Å². The monoisotopic (exact) mass is 242 g/mol. The summed E-state index contributed by atoms with van der Waals surface area (Å²) in [5.74, 6) is 5.78. The highest BCUT2D eigenvalue weighted by atomic mass is 16.3. The van der Waals surface area contributed by atoms with Crippen molar-refractivity contribution in [1.82, 2.24) is 0 Å². The van der Waals surface area contributed by atoms with Crippen LogP contribution in [0, 0.1) is 17.8 Å². The average Bonchev–Trinajstić information content (AvgIpc) is 2.41. The highest BCUT2D eigenvalue weighted by Gasteiger charge is 2.34. The maximum Gasteiger partial charge on any atom is 0.157 e. The van der Waals surface area contributed by atoms with Crippen LogP contribution >= 0.6 is 0 Å². The lowest BCUT2D eigenvalue weighted by Gasteiger charge is -2.30. The van der Waals surface area contributed by atoms with E-state index in [0.717, 1.165) is 24.8 Å². The molecule has 0 aliphatic rings. The Morgan fingerprint density at radius 3 is 2.56 bits per heavy atom. The Morgan fingerprint density at radius 2 is 2.06 bits per heavy atom. The van der Waals surface area contributed by atoms with Gasteiger partial charge < -0.3 is 5.11 Å². The molecule has 0 fully saturated rings. The Balaban J connectivity index is 3.12. The molecule has 0 saturated carbocycles. The number of hydrogen-bond donors (Lipinski definition) is 1. The van der Waals surface area contributed by atoms with Crippen LogP contribution in [0.5, 0.6) is 0 Å². The van der Waals surface area contributed by atoms with E-state index in [0.29, 0.717) is 0 Å². The summed E-state index contributed by atoms with van der Waals surface area (Å²) in [7, 11) is 0. The van der Waals surface area contributed by atoms with Crippen LogP contribution in [-0.2, 0) is 5.60 Å². The fourth-order valence-corrected chi connectivity index (χ4v) is 2.18. The third kappa shape index (κ3) is 3.24. The molecule has 1 aromatic carbocycles. The van der Waals surface area contributed by atoms with Crippen molar-refractivity contribution in [3.8, 4) is 11.8 Å². The second kappa shape index (κ2) is 7.03. The number of unbranched alkanes of at least 4 members (excludes halogenated alkanes) is 1. The summed E-state index contributed by atoms with van der Waals surface area (Å²) in [5.41, 5.74) is -0.271. The summed E-state index contributed by atoms with van der Waals surface area (Å²) >= 11 is 0. The third-order valence-electron chi connectivity index (χ3n) is 3.22. The van der Waals surface area contributed by atoms with Crippen LogP contribution in [0.1, 0.15) is 38.7 Å². The Bertz CT molecular complexity index is 424. The van der Waals surface area contributed by atoms with E-state index in [9.17, 15) is 5.11 Å². The van der Waals surface area contributed by atoms with E-state index >= 15 is 0 Å². The summed E-state index contributed by atoms with van der Waals surface area (Å²) in [6.07, 6.45) is 4.90. The largest absolute Gasteiger partial charge is 0.373 e. The van der Waals surface area contributed by atoms with E-state index in [4.69, 9.17) is 0 Å². The zero-order chi connectivity index (χ0) is 13.4. The maximum absolute atomic E-state index is 10.9. The molecule has 0 aliphatic carbocycles. The van der Waals surface area contributed by atoms with Gasteiger partial charge in [0.05, 0.1) is 0 Å². The number of hydrogen-bond acceptors (Lipinski definition) is 1. The molecule has 0 amide bonds. The Kier molecular flexibility index (Phi) is 5.68. The molecule has 0 saturated heterocycles. The molecule has 0 spiro atoms. The molecule has 1 N–H and O–H groups in total. The van der Waals surface area contributed by atoms with Crippen LogP contribution in [0.4, 0.5) is 0 Å². The molecule has 0 aromatic heterocycles. The molecule has 2 atom stereocenters. The first kappa shape index (κ1) is 14.5. The quantitative estimate of drug-likeness (QED) is 0.592. The highest BCUT2D eigenvalue weighted by Crippen LogP contribution is 2.33. The molecular formula is C17H22O. The van der Waals surface area contributed by atoms with E-state index < -0.39 is 5.60 Å². The Labute approximate surface area is 111 Å². The van der Waals surface area contributed by atoms with Crippen LogP contribution in [-0.4, -0.2) is 5.11 Å². The van der Waals surface area contributed by atoms with Gasteiger partial charge in [-0.3, -0.25) is 0 Å². The molecule has 1 heteroatoms. The van der Waals surface area contributed by atoms with Crippen LogP contribution < -0.4 is 0 Å². The first-order chi connectivity index (χ1) is 8.69. The molecule has 1 nitrogen and oxygen atoms in total. The van der Waals surface area contributed by atoms with Crippen LogP contribution in [0.3, 0.4) is 0 Å². The molecule has 18 heavy (non-hydrogen) atoms. The van der Waals surface area contributed by atoms with Gasteiger partial charge in [-0.1, -0.05) is 62.1 Å². The van der Waals surface area contributed by atoms with E-state index in [1.54, 1.807) is 6.92 Å². The van der Waals surface area contributed by atoms with Gasteiger partial charge in [-0.15, -0.1) is 12.5 Å². The Morgan fingerprint density at radius 1 is 1.39 bits per heavy atom. The second-order valence-corrected chi connectivity index (χ2v) is 4.49. The van der Waals surface area contributed by atoms with Gasteiger partial charge in [-0.25, -0.2) is 0 Å². The van der Waals surface area contributed by atoms with Gasteiger partial charge in [0.1, 0.15) is 0 Å². The van der Waals surface area contributed by atoms with Crippen molar-refractivity contribution < 1.29 is 5.11 Å². The van der Waals surface area contributed by atoms with E-state index in [-0.39, 0.29) is 5.92 Å². The van der Waals surface area contributed by atoms with Crippen molar-refractivity contribution in [2.75, 3.05) is 0 Å². The van der Waals surface area contributed by atoms with Crippen molar-refractivity contribution >= 4 is 0 Å². The van der Waals surface area contributed by atoms with Gasteiger partial charge in [-0.2, -0.15) is 0 Å². The predicted molar refractivity (Wildman–Crippen MR) is 77.0 cm³/mol. The van der Waals surface area contributed by atoms with Crippen molar-refractivity contribution in [3.63, 3.8) is 0 Å². The van der Waals surface area contributed by atoms with Gasteiger partial charge >= 0.3 is 0 Å². The SMILES string of the molecule is C=CC(CCCC)C(O)(C#CC)c1ccccc1. The van der Waals surface area contributed by atoms with Crippen LogP contribution in [0.2, 0.25) is 0 Å². The molecule has 0 bridgehead atoms. The molecule has 0 radical (unpaired) electrons. The predicted octanol–water partition coefficient (Wildman–Crippen LogP) is 3.89. The molecule has 0 heterocycles. The van der Waals surface area contributed by atoms with E-state index in [1.807, 2.05) is 36.4 Å². The average molecular weight is 242 g/mol. The minimum absolute atomic E-state index is 0.0349.